The van der Waals surface area contributed by atoms with Gasteiger partial charge < -0.3 is 9.47 Å². The molecule has 0 N–H and O–H groups in total. The monoisotopic (exact) mass is 312 g/mol. The van der Waals surface area contributed by atoms with Crippen molar-refractivity contribution in [3.05, 3.63) is 34.3 Å². The van der Waals surface area contributed by atoms with Crippen molar-refractivity contribution in [3.63, 3.8) is 0 Å². The van der Waals surface area contributed by atoms with Gasteiger partial charge in [0.15, 0.2) is 5.78 Å². The van der Waals surface area contributed by atoms with Gasteiger partial charge in [-0.1, -0.05) is 28.1 Å². The first-order valence-electron chi connectivity index (χ1n) is 6.24. The number of carbonyl (C=O) groups is 1. The number of benzene rings is 1. The summed E-state index contributed by atoms with van der Waals surface area (Å²) in [7, 11) is 0. The number of Topliss-reactive ketones (excluding diaryl/α,β-unsaturated/α-hetero) is 1. The number of rotatable bonds is 5. The van der Waals surface area contributed by atoms with Crippen LogP contribution in [0, 0.1) is 0 Å². The highest BCUT2D eigenvalue weighted by atomic mass is 79.9. The third-order valence-electron chi connectivity index (χ3n) is 2.98. The molecule has 1 saturated heterocycles. The molecular weight excluding hydrogens is 296 g/mol. The number of hydrogen-bond donors (Lipinski definition) is 0. The summed E-state index contributed by atoms with van der Waals surface area (Å²) in [5, 5.41) is 0. The van der Waals surface area contributed by atoms with Gasteiger partial charge in [-0.2, -0.15) is 0 Å². The summed E-state index contributed by atoms with van der Waals surface area (Å²) in [5.74, 6) is 0.0123. The lowest BCUT2D eigenvalue weighted by molar-refractivity contribution is -0.0370. The van der Waals surface area contributed by atoms with Crippen LogP contribution < -0.4 is 0 Å². The predicted molar refractivity (Wildman–Crippen MR) is 72.9 cm³/mol. The molecule has 1 heterocycles. The Morgan fingerprint density at radius 3 is 2.78 bits per heavy atom. The second-order valence-corrected chi connectivity index (χ2v) is 5.35. The largest absolute Gasteiger partial charge is 0.376 e. The molecule has 2 rings (SSSR count). The molecule has 1 aromatic rings. The standard InChI is InChI=1S/C14H17BrO3/c15-12-6-4-11(5-7-12)14(16)10-17-9-13-3-1-2-8-18-13/h4-7,13H,1-3,8-10H2. The fraction of sp³-hybridized carbons (Fsp3) is 0.500. The summed E-state index contributed by atoms with van der Waals surface area (Å²) in [6, 6.07) is 7.31. The smallest absolute Gasteiger partial charge is 0.188 e. The molecule has 18 heavy (non-hydrogen) atoms. The second kappa shape index (κ2) is 7.02. The quantitative estimate of drug-likeness (QED) is 0.783. The molecule has 1 unspecified atom stereocenters. The van der Waals surface area contributed by atoms with E-state index >= 15 is 0 Å². The molecule has 4 heteroatoms. The van der Waals surface area contributed by atoms with Gasteiger partial charge in [-0.05, 0) is 31.4 Å². The Morgan fingerprint density at radius 1 is 1.33 bits per heavy atom. The van der Waals surface area contributed by atoms with E-state index in [1.165, 1.54) is 6.42 Å². The normalized spacial score (nSPS) is 19.7. The van der Waals surface area contributed by atoms with Crippen LogP contribution in [0.25, 0.3) is 0 Å². The SMILES string of the molecule is O=C(COCC1CCCCO1)c1ccc(Br)cc1. The van der Waals surface area contributed by atoms with Crippen molar-refractivity contribution in [2.24, 2.45) is 0 Å². The van der Waals surface area contributed by atoms with Gasteiger partial charge in [0.05, 0.1) is 12.7 Å². The molecule has 0 aliphatic carbocycles. The lowest BCUT2D eigenvalue weighted by Crippen LogP contribution is -2.25. The Morgan fingerprint density at radius 2 is 2.11 bits per heavy atom. The second-order valence-electron chi connectivity index (χ2n) is 4.43. The van der Waals surface area contributed by atoms with Gasteiger partial charge in [-0.25, -0.2) is 0 Å². The maximum atomic E-state index is 11.8. The molecule has 3 nitrogen and oxygen atoms in total. The average molecular weight is 313 g/mol. The number of carbonyl (C=O) groups excluding carboxylic acids is 1. The molecule has 0 aromatic heterocycles. The number of ketones is 1. The van der Waals surface area contributed by atoms with Crippen LogP contribution in [0.3, 0.4) is 0 Å². The molecule has 98 valence electrons. The van der Waals surface area contributed by atoms with E-state index in [4.69, 9.17) is 9.47 Å². The maximum Gasteiger partial charge on any atom is 0.188 e. The zero-order chi connectivity index (χ0) is 12.8. The van der Waals surface area contributed by atoms with Crippen molar-refractivity contribution in [3.8, 4) is 0 Å². The minimum absolute atomic E-state index is 0.0123. The van der Waals surface area contributed by atoms with Crippen molar-refractivity contribution in [2.75, 3.05) is 19.8 Å². The van der Waals surface area contributed by atoms with Gasteiger partial charge in [0.1, 0.15) is 6.61 Å². The Hall–Kier alpha value is -0.710. The van der Waals surface area contributed by atoms with Crippen molar-refractivity contribution in [1.82, 2.24) is 0 Å². The van der Waals surface area contributed by atoms with E-state index in [-0.39, 0.29) is 18.5 Å². The topological polar surface area (TPSA) is 35.5 Å². The van der Waals surface area contributed by atoms with Gasteiger partial charge in [-0.15, -0.1) is 0 Å². The van der Waals surface area contributed by atoms with E-state index in [1.807, 2.05) is 12.1 Å². The van der Waals surface area contributed by atoms with Crippen molar-refractivity contribution in [2.45, 2.75) is 25.4 Å². The van der Waals surface area contributed by atoms with Crippen LogP contribution in [0.2, 0.25) is 0 Å². The summed E-state index contributed by atoms with van der Waals surface area (Å²) < 4.78 is 11.9. The van der Waals surface area contributed by atoms with Crippen LogP contribution in [-0.4, -0.2) is 31.7 Å². The fourth-order valence-corrected chi connectivity index (χ4v) is 2.21. The van der Waals surface area contributed by atoms with Gasteiger partial charge in [0, 0.05) is 16.6 Å². The Bertz CT molecular complexity index is 383. The molecule has 0 spiro atoms. The lowest BCUT2D eigenvalue weighted by atomic mass is 10.1. The van der Waals surface area contributed by atoms with Crippen molar-refractivity contribution < 1.29 is 14.3 Å². The molecule has 0 amide bonds. The van der Waals surface area contributed by atoms with Crippen LogP contribution >= 0.6 is 15.9 Å². The van der Waals surface area contributed by atoms with E-state index in [1.54, 1.807) is 12.1 Å². The van der Waals surface area contributed by atoms with E-state index in [0.717, 1.165) is 23.9 Å². The Labute approximate surface area is 116 Å². The van der Waals surface area contributed by atoms with Gasteiger partial charge in [0.25, 0.3) is 0 Å². The maximum absolute atomic E-state index is 11.8. The molecule has 0 saturated carbocycles. The molecular formula is C14H17BrO3. The average Bonchev–Trinajstić information content (AvgIpc) is 2.40. The minimum Gasteiger partial charge on any atom is -0.376 e. The van der Waals surface area contributed by atoms with Crippen molar-refractivity contribution in [1.29, 1.82) is 0 Å². The molecule has 1 aliphatic rings. The molecule has 0 radical (unpaired) electrons. The van der Waals surface area contributed by atoms with Gasteiger partial charge in [0.2, 0.25) is 0 Å². The van der Waals surface area contributed by atoms with Crippen LogP contribution in [0.4, 0.5) is 0 Å². The lowest BCUT2D eigenvalue weighted by Gasteiger charge is -2.22. The molecule has 0 bridgehead atoms. The van der Waals surface area contributed by atoms with Crippen LogP contribution in [0.5, 0.6) is 0 Å². The van der Waals surface area contributed by atoms with Crippen LogP contribution in [0.15, 0.2) is 28.7 Å². The minimum atomic E-state index is 0.0123. The highest BCUT2D eigenvalue weighted by molar-refractivity contribution is 9.10. The number of hydrogen-bond acceptors (Lipinski definition) is 3. The highest BCUT2D eigenvalue weighted by Gasteiger charge is 2.14. The summed E-state index contributed by atoms with van der Waals surface area (Å²) in [5.41, 5.74) is 0.683. The predicted octanol–water partition coefficient (Wildman–Crippen LogP) is 3.22. The third kappa shape index (κ3) is 4.19. The van der Waals surface area contributed by atoms with Gasteiger partial charge in [-0.3, -0.25) is 4.79 Å². The van der Waals surface area contributed by atoms with Gasteiger partial charge >= 0.3 is 0 Å². The van der Waals surface area contributed by atoms with E-state index in [0.29, 0.717) is 12.2 Å². The molecule has 1 aliphatic heterocycles. The molecule has 1 aromatic carbocycles. The summed E-state index contributed by atoms with van der Waals surface area (Å²) in [6.07, 6.45) is 3.52. The zero-order valence-electron chi connectivity index (χ0n) is 10.2. The van der Waals surface area contributed by atoms with E-state index in [9.17, 15) is 4.79 Å². The Balaban J connectivity index is 1.72. The first-order chi connectivity index (χ1) is 8.75. The summed E-state index contributed by atoms with van der Waals surface area (Å²) in [6.45, 7) is 1.46. The first-order valence-corrected chi connectivity index (χ1v) is 7.03. The third-order valence-corrected chi connectivity index (χ3v) is 3.51. The van der Waals surface area contributed by atoms with Crippen LogP contribution in [0.1, 0.15) is 29.6 Å². The fourth-order valence-electron chi connectivity index (χ4n) is 1.94. The van der Waals surface area contributed by atoms with E-state index < -0.39 is 0 Å². The van der Waals surface area contributed by atoms with Crippen LogP contribution in [-0.2, 0) is 9.47 Å². The zero-order valence-corrected chi connectivity index (χ0v) is 11.8. The number of halogens is 1. The van der Waals surface area contributed by atoms with Crippen molar-refractivity contribution >= 4 is 21.7 Å². The highest BCUT2D eigenvalue weighted by Crippen LogP contribution is 2.13. The summed E-state index contributed by atoms with van der Waals surface area (Å²) >= 11 is 3.34. The van der Waals surface area contributed by atoms with E-state index in [2.05, 4.69) is 15.9 Å². The first kappa shape index (κ1) is 13.7. The molecule has 1 fully saturated rings. The Kier molecular flexibility index (Phi) is 5.35. The summed E-state index contributed by atoms with van der Waals surface area (Å²) in [4.78, 5) is 11.8. The number of ether oxygens (including phenoxy) is 2. The molecule has 1 atom stereocenters.